The molecule has 2 aliphatic rings. The van der Waals surface area contributed by atoms with Gasteiger partial charge in [-0.25, -0.2) is 0 Å². The summed E-state index contributed by atoms with van der Waals surface area (Å²) < 4.78 is 0. The molecule has 2 aliphatic heterocycles. The molecule has 3 rings (SSSR count). The molecular weight excluding hydrogens is 434 g/mol. The Hall–Kier alpha value is -1.18. The average Bonchev–Trinajstić information content (AvgIpc) is 2.57. The van der Waals surface area contributed by atoms with E-state index in [1.165, 1.54) is 0 Å². The Labute approximate surface area is 206 Å². The lowest BCUT2D eigenvalue weighted by molar-refractivity contribution is 0.158. The third-order valence-corrected chi connectivity index (χ3v) is 7.17. The zero-order valence-corrected chi connectivity index (χ0v) is 23.3. The molecule has 3 heterocycles. The highest BCUT2D eigenvalue weighted by Gasteiger charge is 2.42. The second kappa shape index (κ2) is 9.12. The van der Waals surface area contributed by atoms with Crippen molar-refractivity contribution in [3.63, 3.8) is 0 Å². The van der Waals surface area contributed by atoms with E-state index in [1.807, 2.05) is 0 Å². The molecule has 1 aromatic rings. The molecule has 0 atom stereocenters. The van der Waals surface area contributed by atoms with Crippen LogP contribution in [0.5, 0.6) is 0 Å². The summed E-state index contributed by atoms with van der Waals surface area (Å²) in [6.07, 6.45) is 4.10. The quantitative estimate of drug-likeness (QED) is 0.607. The Morgan fingerprint density at radius 1 is 0.667 bits per heavy atom. The van der Waals surface area contributed by atoms with Crippen molar-refractivity contribution < 1.29 is 0 Å². The van der Waals surface area contributed by atoms with Crippen LogP contribution >= 0.6 is 11.6 Å². The van der Waals surface area contributed by atoms with Crippen molar-refractivity contribution in [1.29, 1.82) is 0 Å². The third kappa shape index (κ3) is 6.49. The van der Waals surface area contributed by atoms with Gasteiger partial charge in [0.25, 0.3) is 0 Å². The molecular formula is C25H46ClN7. The summed E-state index contributed by atoms with van der Waals surface area (Å²) in [6.45, 7) is 24.2. The van der Waals surface area contributed by atoms with Crippen LogP contribution in [0, 0.1) is 0 Å². The number of anilines is 2. The molecule has 2 saturated heterocycles. The molecule has 8 heteroatoms. The molecule has 7 nitrogen and oxygen atoms in total. The molecule has 0 spiro atoms. The van der Waals surface area contributed by atoms with E-state index in [0.717, 1.165) is 38.8 Å². The normalized spacial score (nSPS) is 24.5. The molecule has 0 aliphatic carbocycles. The highest BCUT2D eigenvalue weighted by molar-refractivity contribution is 6.28. The SMILES string of the molecule is CCN(c1nc(Cl)nc(N(CC)C2CC(C)(C)NC(C)(C)C2)n1)C1CC(C)(C)NC(C)(C)C1. The predicted molar refractivity (Wildman–Crippen MR) is 140 cm³/mol. The summed E-state index contributed by atoms with van der Waals surface area (Å²) in [5.41, 5.74) is 0.171. The van der Waals surface area contributed by atoms with Gasteiger partial charge in [-0.2, -0.15) is 15.0 Å². The van der Waals surface area contributed by atoms with Gasteiger partial charge in [-0.05, 0) is 107 Å². The van der Waals surface area contributed by atoms with Crippen molar-refractivity contribution in [1.82, 2.24) is 25.6 Å². The fraction of sp³-hybridized carbons (Fsp3) is 0.880. The van der Waals surface area contributed by atoms with Gasteiger partial charge in [-0.3, -0.25) is 0 Å². The van der Waals surface area contributed by atoms with Crippen LogP contribution in [0.1, 0.15) is 94.9 Å². The maximum absolute atomic E-state index is 6.51. The maximum atomic E-state index is 6.51. The topological polar surface area (TPSA) is 69.2 Å². The Morgan fingerprint density at radius 3 is 1.24 bits per heavy atom. The standard InChI is InChI=1S/C25H46ClN7/c1-11-32(17-13-22(3,4)30-23(5,6)14-17)20-27-19(26)28-21(29-20)33(12-2)18-15-24(7,8)31-25(9,10)16-18/h17-18,30-31H,11-16H2,1-10H3. The van der Waals surface area contributed by atoms with Crippen LogP contribution in [-0.4, -0.2) is 62.3 Å². The molecule has 2 N–H and O–H groups in total. The average molecular weight is 480 g/mol. The third-order valence-electron chi connectivity index (χ3n) is 7.00. The van der Waals surface area contributed by atoms with Crippen molar-refractivity contribution in [2.75, 3.05) is 22.9 Å². The van der Waals surface area contributed by atoms with Crippen LogP contribution in [0.4, 0.5) is 11.9 Å². The summed E-state index contributed by atoms with van der Waals surface area (Å²) >= 11 is 6.51. The van der Waals surface area contributed by atoms with Gasteiger partial charge in [0.05, 0.1) is 0 Å². The van der Waals surface area contributed by atoms with E-state index < -0.39 is 0 Å². The molecule has 1 aromatic heterocycles. The largest absolute Gasteiger partial charge is 0.338 e. The van der Waals surface area contributed by atoms with Crippen LogP contribution in [0.3, 0.4) is 0 Å². The predicted octanol–water partition coefficient (Wildman–Crippen LogP) is 4.80. The number of hydrogen-bond donors (Lipinski definition) is 2. The Morgan fingerprint density at radius 2 is 0.970 bits per heavy atom. The smallest absolute Gasteiger partial charge is 0.231 e. The van der Waals surface area contributed by atoms with E-state index in [9.17, 15) is 0 Å². The molecule has 0 bridgehead atoms. The van der Waals surface area contributed by atoms with Gasteiger partial charge >= 0.3 is 0 Å². The Kier molecular flexibility index (Phi) is 7.30. The lowest BCUT2D eigenvalue weighted by Crippen LogP contribution is -2.62. The molecule has 33 heavy (non-hydrogen) atoms. The molecule has 0 radical (unpaired) electrons. The molecule has 0 aromatic carbocycles. The van der Waals surface area contributed by atoms with E-state index in [2.05, 4.69) is 99.6 Å². The number of hydrogen-bond acceptors (Lipinski definition) is 7. The van der Waals surface area contributed by atoms with Crippen molar-refractivity contribution in [3.05, 3.63) is 5.28 Å². The fourth-order valence-electron chi connectivity index (χ4n) is 6.69. The first-order valence-corrected chi connectivity index (χ1v) is 13.0. The number of nitrogens with zero attached hydrogens (tertiary/aromatic N) is 5. The second-order valence-electron chi connectivity index (χ2n) is 12.7. The molecule has 188 valence electrons. The minimum Gasteiger partial charge on any atom is -0.338 e. The van der Waals surface area contributed by atoms with Crippen LogP contribution in [-0.2, 0) is 0 Å². The number of halogens is 1. The van der Waals surface area contributed by atoms with Crippen molar-refractivity contribution in [2.24, 2.45) is 0 Å². The lowest BCUT2D eigenvalue weighted by Gasteiger charge is -2.50. The second-order valence-corrected chi connectivity index (χ2v) is 13.0. The summed E-state index contributed by atoms with van der Waals surface area (Å²) in [5, 5.41) is 7.83. The van der Waals surface area contributed by atoms with Crippen molar-refractivity contribution in [2.45, 2.75) is 129 Å². The zero-order valence-electron chi connectivity index (χ0n) is 22.5. The Balaban J connectivity index is 1.94. The van der Waals surface area contributed by atoms with E-state index >= 15 is 0 Å². The summed E-state index contributed by atoms with van der Waals surface area (Å²) in [7, 11) is 0. The van der Waals surface area contributed by atoms with Gasteiger partial charge in [0.15, 0.2) is 0 Å². The van der Waals surface area contributed by atoms with E-state index in [0.29, 0.717) is 24.0 Å². The number of aromatic nitrogens is 3. The first kappa shape index (κ1) is 26.4. The molecule has 2 fully saturated rings. The molecule has 0 saturated carbocycles. The van der Waals surface area contributed by atoms with Crippen molar-refractivity contribution in [3.8, 4) is 0 Å². The first-order valence-electron chi connectivity index (χ1n) is 12.6. The summed E-state index contributed by atoms with van der Waals surface area (Å²) in [4.78, 5) is 18.9. The van der Waals surface area contributed by atoms with Gasteiger partial charge < -0.3 is 20.4 Å². The zero-order chi connectivity index (χ0) is 24.8. The van der Waals surface area contributed by atoms with Crippen LogP contribution in [0.25, 0.3) is 0 Å². The van der Waals surface area contributed by atoms with Gasteiger partial charge in [-0.15, -0.1) is 0 Å². The monoisotopic (exact) mass is 479 g/mol. The van der Waals surface area contributed by atoms with E-state index in [-0.39, 0.29) is 27.4 Å². The van der Waals surface area contributed by atoms with Crippen LogP contribution in [0.2, 0.25) is 5.28 Å². The van der Waals surface area contributed by atoms with E-state index in [1.54, 1.807) is 0 Å². The van der Waals surface area contributed by atoms with Crippen LogP contribution in [0.15, 0.2) is 0 Å². The van der Waals surface area contributed by atoms with Gasteiger partial charge in [0, 0.05) is 47.3 Å². The minimum atomic E-state index is 0.0429. The number of piperidine rings is 2. The molecule has 0 amide bonds. The molecule has 0 unspecified atom stereocenters. The lowest BCUT2D eigenvalue weighted by atomic mass is 9.79. The van der Waals surface area contributed by atoms with Crippen molar-refractivity contribution >= 4 is 23.5 Å². The first-order chi connectivity index (χ1) is 15.1. The summed E-state index contributed by atoms with van der Waals surface area (Å²) in [6, 6.07) is 0.666. The van der Waals surface area contributed by atoms with Gasteiger partial charge in [0.1, 0.15) is 0 Å². The minimum absolute atomic E-state index is 0.0429. The highest BCUT2D eigenvalue weighted by atomic mass is 35.5. The fourth-order valence-corrected chi connectivity index (χ4v) is 6.84. The van der Waals surface area contributed by atoms with Crippen LogP contribution < -0.4 is 20.4 Å². The van der Waals surface area contributed by atoms with Gasteiger partial charge in [-0.1, -0.05) is 0 Å². The van der Waals surface area contributed by atoms with E-state index in [4.69, 9.17) is 16.6 Å². The maximum Gasteiger partial charge on any atom is 0.231 e. The summed E-state index contributed by atoms with van der Waals surface area (Å²) in [5.74, 6) is 1.38. The number of rotatable bonds is 6. The highest BCUT2D eigenvalue weighted by Crippen LogP contribution is 2.35. The number of nitrogens with one attached hydrogen (secondary N) is 2. The Bertz CT molecular complexity index is 740. The van der Waals surface area contributed by atoms with Gasteiger partial charge in [0.2, 0.25) is 17.2 Å².